The molecule has 1 amide bonds. The maximum absolute atomic E-state index is 12.0. The van der Waals surface area contributed by atoms with Crippen LogP contribution < -0.4 is 0 Å². The highest BCUT2D eigenvalue weighted by Crippen LogP contribution is 2.13. The van der Waals surface area contributed by atoms with Crippen molar-refractivity contribution >= 4 is 27.1 Å². The van der Waals surface area contributed by atoms with Gasteiger partial charge in [0, 0.05) is 37.6 Å². The number of carbonyl (C=O) groups excluding carboxylic acids is 1. The molecule has 0 aromatic carbocycles. The molecule has 1 aromatic heterocycles. The normalized spacial score (nSPS) is 17.1. The Morgan fingerprint density at radius 2 is 2.00 bits per heavy atom. The van der Waals surface area contributed by atoms with E-state index in [1.165, 1.54) is 4.88 Å². The molecule has 1 aliphatic heterocycles. The van der Waals surface area contributed by atoms with Crippen LogP contribution in [0.4, 0.5) is 0 Å². The summed E-state index contributed by atoms with van der Waals surface area (Å²) in [6, 6.07) is 4.15. The highest BCUT2D eigenvalue weighted by molar-refractivity contribution is 7.92. The van der Waals surface area contributed by atoms with Crippen LogP contribution in [-0.4, -0.2) is 61.8 Å². The molecule has 21 heavy (non-hydrogen) atoms. The second kappa shape index (κ2) is 7.38. The zero-order chi connectivity index (χ0) is 15.3. The standard InChI is InChI=1S/C14H22N2O3S2/c1-2-10-21(18,19)12-14(17)16-7-5-15(6-8-16)11-13-4-3-9-20-13/h3-4,9H,2,5-8,10-12H2,1H3. The summed E-state index contributed by atoms with van der Waals surface area (Å²) in [5, 5.41) is 2.06. The minimum atomic E-state index is -3.24. The summed E-state index contributed by atoms with van der Waals surface area (Å²) in [4.78, 5) is 17.3. The van der Waals surface area contributed by atoms with E-state index in [2.05, 4.69) is 16.3 Å². The summed E-state index contributed by atoms with van der Waals surface area (Å²) in [7, 11) is -3.24. The Bertz CT molecular complexity index is 547. The summed E-state index contributed by atoms with van der Waals surface area (Å²) in [5.74, 6) is -0.498. The lowest BCUT2D eigenvalue weighted by molar-refractivity contribution is -0.130. The predicted molar refractivity (Wildman–Crippen MR) is 85.1 cm³/mol. The topological polar surface area (TPSA) is 57.7 Å². The number of nitrogens with zero attached hydrogens (tertiary/aromatic N) is 2. The quantitative estimate of drug-likeness (QED) is 0.787. The fourth-order valence-electron chi connectivity index (χ4n) is 2.44. The van der Waals surface area contributed by atoms with Crippen LogP contribution in [0.1, 0.15) is 18.2 Å². The molecular formula is C14H22N2O3S2. The van der Waals surface area contributed by atoms with Crippen LogP contribution in [-0.2, 0) is 21.2 Å². The van der Waals surface area contributed by atoms with Crippen molar-refractivity contribution in [1.82, 2.24) is 9.80 Å². The van der Waals surface area contributed by atoms with Crippen molar-refractivity contribution < 1.29 is 13.2 Å². The van der Waals surface area contributed by atoms with Crippen molar-refractivity contribution in [2.24, 2.45) is 0 Å². The Balaban J connectivity index is 1.79. The Morgan fingerprint density at radius 3 is 2.57 bits per heavy atom. The van der Waals surface area contributed by atoms with Gasteiger partial charge < -0.3 is 4.90 Å². The Morgan fingerprint density at radius 1 is 1.29 bits per heavy atom. The summed E-state index contributed by atoms with van der Waals surface area (Å²) >= 11 is 1.74. The number of piperazine rings is 1. The third-order valence-electron chi connectivity index (χ3n) is 3.54. The first kappa shape index (κ1) is 16.5. The van der Waals surface area contributed by atoms with Crippen LogP contribution in [0.3, 0.4) is 0 Å². The molecule has 1 fully saturated rings. The van der Waals surface area contributed by atoms with E-state index in [9.17, 15) is 13.2 Å². The maximum atomic E-state index is 12.0. The van der Waals surface area contributed by atoms with E-state index in [0.717, 1.165) is 19.6 Å². The van der Waals surface area contributed by atoms with E-state index in [-0.39, 0.29) is 17.4 Å². The van der Waals surface area contributed by atoms with Gasteiger partial charge in [-0.15, -0.1) is 11.3 Å². The van der Waals surface area contributed by atoms with Gasteiger partial charge in [-0.25, -0.2) is 8.42 Å². The third-order valence-corrected chi connectivity index (χ3v) is 6.12. The smallest absolute Gasteiger partial charge is 0.237 e. The zero-order valence-electron chi connectivity index (χ0n) is 12.3. The van der Waals surface area contributed by atoms with Crippen molar-refractivity contribution in [3.63, 3.8) is 0 Å². The van der Waals surface area contributed by atoms with Crippen LogP contribution in [0.2, 0.25) is 0 Å². The van der Waals surface area contributed by atoms with Crippen molar-refractivity contribution in [3.05, 3.63) is 22.4 Å². The first-order valence-electron chi connectivity index (χ1n) is 7.23. The number of hydrogen-bond acceptors (Lipinski definition) is 5. The lowest BCUT2D eigenvalue weighted by Crippen LogP contribution is -2.49. The summed E-state index contributed by atoms with van der Waals surface area (Å²) < 4.78 is 23.4. The SMILES string of the molecule is CCCS(=O)(=O)CC(=O)N1CCN(Cc2cccs2)CC1. The molecule has 1 saturated heterocycles. The van der Waals surface area contributed by atoms with Gasteiger partial charge in [-0.2, -0.15) is 0 Å². The highest BCUT2D eigenvalue weighted by Gasteiger charge is 2.25. The molecule has 5 nitrogen and oxygen atoms in total. The number of rotatable bonds is 6. The van der Waals surface area contributed by atoms with E-state index in [1.54, 1.807) is 16.2 Å². The molecule has 0 radical (unpaired) electrons. The maximum Gasteiger partial charge on any atom is 0.237 e. The van der Waals surface area contributed by atoms with E-state index < -0.39 is 9.84 Å². The first-order chi connectivity index (χ1) is 10.00. The summed E-state index contributed by atoms with van der Waals surface area (Å²) in [6.45, 7) is 5.56. The minimum absolute atomic E-state index is 0.0943. The van der Waals surface area contributed by atoms with Crippen LogP contribution in [0.5, 0.6) is 0 Å². The van der Waals surface area contributed by atoms with Crippen LogP contribution in [0, 0.1) is 0 Å². The number of thiophene rings is 1. The van der Waals surface area contributed by atoms with E-state index >= 15 is 0 Å². The fraction of sp³-hybridized carbons (Fsp3) is 0.643. The second-order valence-electron chi connectivity index (χ2n) is 5.33. The summed E-state index contributed by atoms with van der Waals surface area (Å²) in [5.41, 5.74) is 0. The Labute approximate surface area is 130 Å². The molecule has 0 atom stereocenters. The van der Waals surface area contributed by atoms with Crippen molar-refractivity contribution in [1.29, 1.82) is 0 Å². The van der Waals surface area contributed by atoms with Crippen LogP contribution in [0.25, 0.3) is 0 Å². The molecule has 1 aromatic rings. The van der Waals surface area contributed by atoms with Crippen LogP contribution in [0.15, 0.2) is 17.5 Å². The predicted octanol–water partition coefficient (Wildman–Crippen LogP) is 1.22. The third kappa shape index (κ3) is 5.09. The molecule has 2 rings (SSSR count). The first-order valence-corrected chi connectivity index (χ1v) is 9.93. The molecule has 118 valence electrons. The fourth-order valence-corrected chi connectivity index (χ4v) is 4.51. The second-order valence-corrected chi connectivity index (χ2v) is 8.54. The van der Waals surface area contributed by atoms with Gasteiger partial charge in [-0.1, -0.05) is 13.0 Å². The Kier molecular flexibility index (Phi) is 5.78. The van der Waals surface area contributed by atoms with E-state index in [4.69, 9.17) is 0 Å². The molecule has 1 aliphatic rings. The Hall–Kier alpha value is -0.920. The van der Waals surface area contributed by atoms with Crippen molar-refractivity contribution in [2.45, 2.75) is 19.9 Å². The lowest BCUT2D eigenvalue weighted by atomic mass is 10.3. The average molecular weight is 330 g/mol. The van der Waals surface area contributed by atoms with E-state index in [0.29, 0.717) is 19.5 Å². The lowest BCUT2D eigenvalue weighted by Gasteiger charge is -2.34. The molecule has 0 N–H and O–H groups in total. The molecule has 0 aliphatic carbocycles. The van der Waals surface area contributed by atoms with Gasteiger partial charge in [0.05, 0.1) is 5.75 Å². The number of amides is 1. The molecule has 0 spiro atoms. The minimum Gasteiger partial charge on any atom is -0.339 e. The molecule has 0 bridgehead atoms. The van der Waals surface area contributed by atoms with Crippen molar-refractivity contribution in [3.8, 4) is 0 Å². The van der Waals surface area contributed by atoms with Gasteiger partial charge >= 0.3 is 0 Å². The van der Waals surface area contributed by atoms with E-state index in [1.807, 2.05) is 13.0 Å². The number of carbonyl (C=O) groups is 1. The molecule has 0 unspecified atom stereocenters. The van der Waals surface area contributed by atoms with Gasteiger partial charge in [-0.05, 0) is 17.9 Å². The molecule has 7 heteroatoms. The summed E-state index contributed by atoms with van der Waals surface area (Å²) in [6.07, 6.45) is 0.560. The van der Waals surface area contributed by atoms with Crippen LogP contribution >= 0.6 is 11.3 Å². The number of sulfone groups is 1. The van der Waals surface area contributed by atoms with Gasteiger partial charge in [0.15, 0.2) is 9.84 Å². The van der Waals surface area contributed by atoms with Gasteiger partial charge in [0.25, 0.3) is 0 Å². The monoisotopic (exact) mass is 330 g/mol. The molecule has 0 saturated carbocycles. The van der Waals surface area contributed by atoms with Gasteiger partial charge in [0.2, 0.25) is 5.91 Å². The van der Waals surface area contributed by atoms with Gasteiger partial charge in [-0.3, -0.25) is 9.69 Å². The van der Waals surface area contributed by atoms with Crippen molar-refractivity contribution in [2.75, 3.05) is 37.7 Å². The molecule has 2 heterocycles. The zero-order valence-corrected chi connectivity index (χ0v) is 14.0. The van der Waals surface area contributed by atoms with Gasteiger partial charge in [0.1, 0.15) is 5.75 Å². The average Bonchev–Trinajstić information content (AvgIpc) is 2.91. The largest absolute Gasteiger partial charge is 0.339 e. The number of hydrogen-bond donors (Lipinski definition) is 0. The highest BCUT2D eigenvalue weighted by atomic mass is 32.2. The molecular weight excluding hydrogens is 308 g/mol.